The van der Waals surface area contributed by atoms with E-state index >= 15 is 0 Å². The highest BCUT2D eigenvalue weighted by molar-refractivity contribution is 8.00. The first kappa shape index (κ1) is 20.6. The van der Waals surface area contributed by atoms with Gasteiger partial charge < -0.3 is 10.6 Å². The van der Waals surface area contributed by atoms with Crippen LogP contribution in [0.4, 0.5) is 10.1 Å². The maximum absolute atomic E-state index is 13.2. The van der Waals surface area contributed by atoms with E-state index < -0.39 is 11.1 Å². The number of benzene rings is 2. The summed E-state index contributed by atoms with van der Waals surface area (Å²) in [5.41, 5.74) is 1.58. The Bertz CT molecular complexity index is 1140. The number of pyridine rings is 1. The van der Waals surface area contributed by atoms with Crippen LogP contribution in [-0.2, 0) is 4.79 Å². The van der Waals surface area contributed by atoms with Crippen LogP contribution >= 0.6 is 23.4 Å². The number of nitrogens with zero attached hydrogens (tertiary/aromatic N) is 1. The molecule has 2 aromatic carbocycles. The van der Waals surface area contributed by atoms with Crippen LogP contribution < -0.4 is 10.6 Å². The first-order valence-corrected chi connectivity index (χ1v) is 10.8. The lowest BCUT2D eigenvalue weighted by molar-refractivity contribution is -0.115. The molecule has 0 saturated heterocycles. The van der Waals surface area contributed by atoms with Gasteiger partial charge in [0.05, 0.1) is 32.1 Å². The molecule has 0 spiro atoms. The molecule has 1 unspecified atom stereocenters. The summed E-state index contributed by atoms with van der Waals surface area (Å²) >= 11 is 7.23. The average Bonchev–Trinajstić information content (AvgIpc) is 3.53. The third kappa shape index (κ3) is 4.74. The molecule has 1 aromatic heterocycles. The van der Waals surface area contributed by atoms with Crippen molar-refractivity contribution in [2.75, 3.05) is 5.32 Å². The minimum atomic E-state index is -0.515. The summed E-state index contributed by atoms with van der Waals surface area (Å²) in [5, 5.41) is 6.67. The molecular weight excluding hydrogens is 425 g/mol. The van der Waals surface area contributed by atoms with Gasteiger partial charge in [-0.2, -0.15) is 0 Å². The number of thioether (sulfide) groups is 1. The molecule has 3 aromatic rings. The number of hydrogen-bond donors (Lipinski definition) is 2. The molecule has 1 fully saturated rings. The lowest BCUT2D eigenvalue weighted by atomic mass is 10.1. The predicted octanol–water partition coefficient (Wildman–Crippen LogP) is 5.04. The fraction of sp³-hybridized carbons (Fsp3) is 0.227. The van der Waals surface area contributed by atoms with Crippen molar-refractivity contribution in [3.63, 3.8) is 0 Å². The van der Waals surface area contributed by atoms with Gasteiger partial charge in [-0.3, -0.25) is 9.59 Å². The van der Waals surface area contributed by atoms with Crippen LogP contribution in [0.5, 0.6) is 0 Å². The van der Waals surface area contributed by atoms with Crippen LogP contribution in [0.15, 0.2) is 53.6 Å². The van der Waals surface area contributed by atoms with E-state index in [0.29, 0.717) is 21.8 Å². The number of amides is 2. The molecule has 8 heteroatoms. The van der Waals surface area contributed by atoms with E-state index in [1.165, 1.54) is 23.9 Å². The fourth-order valence-electron chi connectivity index (χ4n) is 2.95. The summed E-state index contributed by atoms with van der Waals surface area (Å²) in [6, 6.07) is 13.2. The molecular formula is C22H19ClFN3O2S. The van der Waals surface area contributed by atoms with E-state index in [4.69, 9.17) is 11.6 Å². The van der Waals surface area contributed by atoms with Crippen molar-refractivity contribution in [2.45, 2.75) is 36.1 Å². The fourth-order valence-corrected chi connectivity index (χ4v) is 4.03. The van der Waals surface area contributed by atoms with E-state index in [0.717, 1.165) is 24.3 Å². The van der Waals surface area contributed by atoms with Gasteiger partial charge in [-0.1, -0.05) is 41.6 Å². The van der Waals surface area contributed by atoms with Crippen molar-refractivity contribution in [3.8, 4) is 0 Å². The zero-order valence-corrected chi connectivity index (χ0v) is 17.7. The Morgan fingerprint density at radius 3 is 2.70 bits per heavy atom. The quantitative estimate of drug-likeness (QED) is 0.523. The minimum absolute atomic E-state index is 0.128. The van der Waals surface area contributed by atoms with Gasteiger partial charge in [-0.05, 0) is 50.1 Å². The summed E-state index contributed by atoms with van der Waals surface area (Å²) in [4.78, 5) is 29.9. The molecule has 0 bridgehead atoms. The molecule has 2 N–H and O–H groups in total. The van der Waals surface area contributed by atoms with Gasteiger partial charge in [-0.15, -0.1) is 0 Å². The molecule has 0 aliphatic heterocycles. The highest BCUT2D eigenvalue weighted by Gasteiger charge is 2.25. The molecule has 30 heavy (non-hydrogen) atoms. The van der Waals surface area contributed by atoms with E-state index in [1.54, 1.807) is 13.0 Å². The van der Waals surface area contributed by atoms with Gasteiger partial charge in [0.15, 0.2) is 0 Å². The second-order valence-corrected chi connectivity index (χ2v) is 8.91. The molecule has 1 atom stereocenters. The highest BCUT2D eigenvalue weighted by atomic mass is 35.5. The Kier molecular flexibility index (Phi) is 5.92. The summed E-state index contributed by atoms with van der Waals surface area (Å²) in [7, 11) is 0. The van der Waals surface area contributed by atoms with E-state index in [1.807, 2.05) is 24.3 Å². The van der Waals surface area contributed by atoms with Gasteiger partial charge in [-0.25, -0.2) is 9.37 Å². The van der Waals surface area contributed by atoms with Crippen LogP contribution in [0.1, 0.15) is 30.1 Å². The maximum atomic E-state index is 13.2. The number of rotatable bonds is 6. The number of anilines is 1. The molecule has 0 radical (unpaired) electrons. The van der Waals surface area contributed by atoms with Gasteiger partial charge in [0.1, 0.15) is 5.82 Å². The standard InChI is InChI=1S/C22H19ClFN3O2S/c1-12(21(28)27-19-9-6-13(24)10-17(19)23)30-20-11-16(22(29)25-14-7-8-14)15-4-2-3-5-18(15)26-20/h2-6,9-12,14H,7-8H2,1H3,(H,25,29)(H,27,28). The Morgan fingerprint density at radius 1 is 1.20 bits per heavy atom. The third-order valence-corrected chi connectivity index (χ3v) is 6.04. The van der Waals surface area contributed by atoms with Crippen molar-refractivity contribution < 1.29 is 14.0 Å². The molecule has 154 valence electrons. The minimum Gasteiger partial charge on any atom is -0.349 e. The predicted molar refractivity (Wildman–Crippen MR) is 118 cm³/mol. The SMILES string of the molecule is CC(Sc1cc(C(=O)NC2CC2)c2ccccc2n1)C(=O)Nc1ccc(F)cc1Cl. The highest BCUT2D eigenvalue weighted by Crippen LogP contribution is 2.29. The summed E-state index contributed by atoms with van der Waals surface area (Å²) in [6.45, 7) is 1.73. The second-order valence-electron chi connectivity index (χ2n) is 7.15. The molecule has 1 aliphatic carbocycles. The zero-order valence-electron chi connectivity index (χ0n) is 16.1. The number of aromatic nitrogens is 1. The number of hydrogen-bond acceptors (Lipinski definition) is 4. The van der Waals surface area contributed by atoms with Crippen molar-refractivity contribution in [2.24, 2.45) is 0 Å². The first-order valence-electron chi connectivity index (χ1n) is 9.54. The maximum Gasteiger partial charge on any atom is 0.252 e. The number of carbonyl (C=O) groups excluding carboxylic acids is 2. The van der Waals surface area contributed by atoms with E-state index in [9.17, 15) is 14.0 Å². The average molecular weight is 444 g/mol. The van der Waals surface area contributed by atoms with Crippen LogP contribution in [0.3, 0.4) is 0 Å². The third-order valence-electron chi connectivity index (χ3n) is 4.71. The van der Waals surface area contributed by atoms with E-state index in [-0.39, 0.29) is 22.9 Å². The topological polar surface area (TPSA) is 71.1 Å². The monoisotopic (exact) mass is 443 g/mol. The van der Waals surface area contributed by atoms with Crippen molar-refractivity contribution in [3.05, 3.63) is 64.9 Å². The lowest BCUT2D eigenvalue weighted by Gasteiger charge is -2.14. The smallest absolute Gasteiger partial charge is 0.252 e. The molecule has 4 rings (SSSR count). The Labute approximate surface area is 182 Å². The number of para-hydroxylation sites is 1. The molecule has 2 amide bonds. The molecule has 1 heterocycles. The molecule has 5 nitrogen and oxygen atoms in total. The summed E-state index contributed by atoms with van der Waals surface area (Å²) in [5.74, 6) is -0.904. The van der Waals surface area contributed by atoms with E-state index in [2.05, 4.69) is 15.6 Å². The lowest BCUT2D eigenvalue weighted by Crippen LogP contribution is -2.26. The number of carbonyl (C=O) groups is 2. The van der Waals surface area contributed by atoms with Crippen molar-refractivity contribution in [1.29, 1.82) is 0 Å². The largest absolute Gasteiger partial charge is 0.349 e. The number of nitrogens with one attached hydrogen (secondary N) is 2. The number of halogens is 2. The van der Waals surface area contributed by atoms with Crippen molar-refractivity contribution in [1.82, 2.24) is 10.3 Å². The number of fused-ring (bicyclic) bond motifs is 1. The Balaban J connectivity index is 1.55. The van der Waals surface area contributed by atoms with Crippen LogP contribution in [0.2, 0.25) is 5.02 Å². The first-order chi connectivity index (χ1) is 14.4. The zero-order chi connectivity index (χ0) is 21.3. The Morgan fingerprint density at radius 2 is 1.97 bits per heavy atom. The van der Waals surface area contributed by atoms with Gasteiger partial charge in [0, 0.05) is 11.4 Å². The normalized spacial score (nSPS) is 14.4. The van der Waals surface area contributed by atoms with Crippen LogP contribution in [0, 0.1) is 5.82 Å². The van der Waals surface area contributed by atoms with Gasteiger partial charge in [0.25, 0.3) is 5.91 Å². The summed E-state index contributed by atoms with van der Waals surface area (Å²) < 4.78 is 13.2. The van der Waals surface area contributed by atoms with Crippen LogP contribution in [-0.4, -0.2) is 28.1 Å². The Hall–Kier alpha value is -2.64. The van der Waals surface area contributed by atoms with Crippen molar-refractivity contribution >= 4 is 51.8 Å². The molecule has 1 aliphatic rings. The van der Waals surface area contributed by atoms with Gasteiger partial charge >= 0.3 is 0 Å². The molecule has 1 saturated carbocycles. The second kappa shape index (κ2) is 8.62. The van der Waals surface area contributed by atoms with Crippen LogP contribution in [0.25, 0.3) is 10.9 Å². The summed E-state index contributed by atoms with van der Waals surface area (Å²) in [6.07, 6.45) is 2.00. The van der Waals surface area contributed by atoms with Gasteiger partial charge in [0.2, 0.25) is 5.91 Å².